The Morgan fingerprint density at radius 3 is 2.00 bits per heavy atom. The zero-order valence-electron chi connectivity index (χ0n) is 16.7. The van der Waals surface area contributed by atoms with Crippen LogP contribution >= 0.6 is 0 Å². The summed E-state index contributed by atoms with van der Waals surface area (Å²) in [5, 5.41) is 5.32. The summed E-state index contributed by atoms with van der Waals surface area (Å²) >= 11 is 0. The van der Waals surface area contributed by atoms with Gasteiger partial charge in [-0.3, -0.25) is 14.4 Å². The second-order valence-corrected chi connectivity index (χ2v) is 13.3. The summed E-state index contributed by atoms with van der Waals surface area (Å²) in [6.07, 6.45) is 0.165. The normalized spacial score (nSPS) is 14.1. The van der Waals surface area contributed by atoms with E-state index >= 15 is 0 Å². The predicted octanol–water partition coefficient (Wildman–Crippen LogP) is 1.56. The van der Waals surface area contributed by atoms with Crippen LogP contribution in [0.25, 0.3) is 0 Å². The first-order valence-electron chi connectivity index (χ1n) is 8.56. The van der Waals surface area contributed by atoms with Gasteiger partial charge in [0.05, 0.1) is 0 Å². The number of amides is 3. The van der Waals surface area contributed by atoms with E-state index < -0.39 is 32.0 Å². The number of carbonyl (C=O) groups excluding carboxylic acids is 3. The van der Waals surface area contributed by atoms with Gasteiger partial charge >= 0.3 is 0 Å². The maximum absolute atomic E-state index is 12.4. The number of nitrogens with two attached hydrogens (primary N) is 1. The van der Waals surface area contributed by atoms with Crippen LogP contribution in [0.5, 0.6) is 0 Å². The van der Waals surface area contributed by atoms with E-state index in [2.05, 4.69) is 56.0 Å². The molecule has 0 rings (SSSR count). The highest BCUT2D eigenvalue weighted by atomic mass is 28.3. The topological polar surface area (TPSA) is 101 Å². The van der Waals surface area contributed by atoms with Gasteiger partial charge in [-0.2, -0.15) is 0 Å². The minimum atomic E-state index is -1.79. The summed E-state index contributed by atoms with van der Waals surface area (Å²) in [7, 11) is -1.79. The third-order valence-electron chi connectivity index (χ3n) is 4.55. The number of primary amides is 1. The van der Waals surface area contributed by atoms with Crippen LogP contribution in [0.1, 0.15) is 48.0 Å². The molecule has 0 aliphatic carbocycles. The van der Waals surface area contributed by atoms with Crippen molar-refractivity contribution in [3.63, 3.8) is 0 Å². The number of carbonyl (C=O) groups is 3. The quantitative estimate of drug-likeness (QED) is 0.490. The molecule has 0 saturated carbocycles. The van der Waals surface area contributed by atoms with Crippen LogP contribution in [0, 0.1) is 17.4 Å². The van der Waals surface area contributed by atoms with Gasteiger partial charge in [-0.15, -0.1) is 11.5 Å². The fraction of sp³-hybridized carbons (Fsp3) is 0.722. The summed E-state index contributed by atoms with van der Waals surface area (Å²) in [5.74, 6) is 1.55. The first-order chi connectivity index (χ1) is 11.2. The van der Waals surface area contributed by atoms with E-state index in [0.717, 1.165) is 0 Å². The van der Waals surface area contributed by atoms with Crippen LogP contribution in [0.4, 0.5) is 0 Å². The van der Waals surface area contributed by atoms with Gasteiger partial charge in [0.2, 0.25) is 17.7 Å². The van der Waals surface area contributed by atoms with Gasteiger partial charge in [0.25, 0.3) is 0 Å². The molecule has 0 aromatic carbocycles. The van der Waals surface area contributed by atoms with E-state index in [4.69, 9.17) is 5.73 Å². The summed E-state index contributed by atoms with van der Waals surface area (Å²) in [4.78, 5) is 35.3. The Kier molecular flexibility index (Phi) is 8.39. The van der Waals surface area contributed by atoms with Crippen molar-refractivity contribution >= 4 is 25.8 Å². The number of hydrogen-bond acceptors (Lipinski definition) is 3. The Morgan fingerprint density at radius 2 is 1.64 bits per heavy atom. The standard InChI is InChI=1S/C18H33N3O3Si/c1-12(2)15(20-13(3)22)17(24)21-14(16(19)23)10-9-11-25(7,8)18(4,5)6/h12,14-15H,10H2,1-8H3,(H2,19,23)(H,20,22)(H,21,24)/t14-,15-/m1/s1. The molecule has 25 heavy (non-hydrogen) atoms. The third-order valence-corrected chi connectivity index (χ3v) is 9.10. The first kappa shape index (κ1) is 23.2. The molecule has 0 aromatic heterocycles. The summed E-state index contributed by atoms with van der Waals surface area (Å²) in [5.41, 5.74) is 8.70. The van der Waals surface area contributed by atoms with Crippen LogP contribution < -0.4 is 16.4 Å². The molecule has 3 amide bonds. The molecule has 0 radical (unpaired) electrons. The molecule has 6 nitrogen and oxygen atoms in total. The molecular formula is C18H33N3O3Si. The molecule has 7 heteroatoms. The number of hydrogen-bond donors (Lipinski definition) is 3. The van der Waals surface area contributed by atoms with E-state index in [1.54, 1.807) is 0 Å². The first-order valence-corrected chi connectivity index (χ1v) is 11.6. The van der Waals surface area contributed by atoms with Crippen molar-refractivity contribution in [2.75, 3.05) is 0 Å². The molecular weight excluding hydrogens is 334 g/mol. The summed E-state index contributed by atoms with van der Waals surface area (Å²) in [6.45, 7) is 15.8. The molecule has 0 aromatic rings. The zero-order valence-corrected chi connectivity index (χ0v) is 17.7. The van der Waals surface area contributed by atoms with Crippen molar-refractivity contribution in [2.45, 2.75) is 78.2 Å². The van der Waals surface area contributed by atoms with Crippen molar-refractivity contribution in [3.8, 4) is 11.5 Å². The lowest BCUT2D eigenvalue weighted by Gasteiger charge is -2.31. The third kappa shape index (κ3) is 7.74. The van der Waals surface area contributed by atoms with Gasteiger partial charge in [0, 0.05) is 13.3 Å². The Bertz CT molecular complexity index is 568. The van der Waals surface area contributed by atoms with Gasteiger partial charge in [0.15, 0.2) is 0 Å². The van der Waals surface area contributed by atoms with Crippen LogP contribution in [-0.2, 0) is 14.4 Å². The van der Waals surface area contributed by atoms with Crippen molar-refractivity contribution in [1.29, 1.82) is 0 Å². The van der Waals surface area contributed by atoms with Gasteiger partial charge < -0.3 is 16.4 Å². The molecule has 2 atom stereocenters. The highest BCUT2D eigenvalue weighted by Gasteiger charge is 2.33. The van der Waals surface area contributed by atoms with Crippen LogP contribution in [0.15, 0.2) is 0 Å². The average Bonchev–Trinajstić information content (AvgIpc) is 2.41. The SMILES string of the molecule is CC(=O)N[C@@H](C(=O)N[C@H](CC#C[Si](C)(C)C(C)(C)C)C(N)=O)C(C)C. The lowest BCUT2D eigenvalue weighted by Crippen LogP contribution is -2.54. The Morgan fingerprint density at radius 1 is 1.12 bits per heavy atom. The Balaban J connectivity index is 5.14. The minimum Gasteiger partial charge on any atom is -0.368 e. The molecule has 0 heterocycles. The van der Waals surface area contributed by atoms with E-state index in [1.165, 1.54) is 6.92 Å². The van der Waals surface area contributed by atoms with E-state index in [9.17, 15) is 14.4 Å². The smallest absolute Gasteiger partial charge is 0.243 e. The number of rotatable bonds is 6. The van der Waals surface area contributed by atoms with E-state index in [1.807, 2.05) is 13.8 Å². The van der Waals surface area contributed by atoms with E-state index in [0.29, 0.717) is 0 Å². The summed E-state index contributed by atoms with van der Waals surface area (Å²) < 4.78 is 0. The van der Waals surface area contributed by atoms with Crippen LogP contribution in [-0.4, -0.2) is 37.9 Å². The molecule has 0 bridgehead atoms. The largest absolute Gasteiger partial charge is 0.368 e. The fourth-order valence-electron chi connectivity index (χ4n) is 1.80. The minimum absolute atomic E-state index is 0.111. The zero-order chi connectivity index (χ0) is 20.0. The molecule has 0 saturated heterocycles. The highest BCUT2D eigenvalue weighted by molar-refractivity contribution is 6.87. The average molecular weight is 368 g/mol. The molecule has 0 unspecified atom stereocenters. The van der Waals surface area contributed by atoms with Crippen molar-refractivity contribution in [2.24, 2.45) is 11.7 Å². The molecule has 4 N–H and O–H groups in total. The molecule has 142 valence electrons. The fourth-order valence-corrected chi connectivity index (χ4v) is 2.72. The van der Waals surface area contributed by atoms with Gasteiger partial charge in [-0.25, -0.2) is 0 Å². The molecule has 0 spiro atoms. The van der Waals surface area contributed by atoms with Gasteiger partial charge in [0.1, 0.15) is 20.2 Å². The van der Waals surface area contributed by atoms with Gasteiger partial charge in [-0.1, -0.05) is 47.7 Å². The molecule has 0 aliphatic rings. The maximum atomic E-state index is 12.4. The van der Waals surface area contributed by atoms with Crippen molar-refractivity contribution in [1.82, 2.24) is 10.6 Å². The Hall–Kier alpha value is -1.81. The number of nitrogens with one attached hydrogen (secondary N) is 2. The van der Waals surface area contributed by atoms with Crippen LogP contribution in [0.3, 0.4) is 0 Å². The van der Waals surface area contributed by atoms with Gasteiger partial charge in [-0.05, 0) is 11.0 Å². The second kappa shape index (κ2) is 9.04. The second-order valence-electron chi connectivity index (χ2n) is 8.27. The van der Waals surface area contributed by atoms with Crippen molar-refractivity contribution < 1.29 is 14.4 Å². The predicted molar refractivity (Wildman–Crippen MR) is 103 cm³/mol. The van der Waals surface area contributed by atoms with Crippen molar-refractivity contribution in [3.05, 3.63) is 0 Å². The molecule has 0 fully saturated rings. The maximum Gasteiger partial charge on any atom is 0.243 e. The summed E-state index contributed by atoms with van der Waals surface area (Å²) in [6, 6.07) is -1.59. The monoisotopic (exact) mass is 367 g/mol. The van der Waals surface area contributed by atoms with Crippen LogP contribution in [0.2, 0.25) is 18.1 Å². The Labute approximate surface area is 152 Å². The molecule has 0 aliphatic heterocycles. The lowest BCUT2D eigenvalue weighted by atomic mass is 10.0. The van der Waals surface area contributed by atoms with E-state index in [-0.39, 0.29) is 23.3 Å². The lowest BCUT2D eigenvalue weighted by molar-refractivity contribution is -0.131. The highest BCUT2D eigenvalue weighted by Crippen LogP contribution is 2.35.